The molecule has 0 radical (unpaired) electrons. The van der Waals surface area contributed by atoms with Crippen molar-refractivity contribution in [2.75, 3.05) is 12.3 Å². The van der Waals surface area contributed by atoms with E-state index in [0.29, 0.717) is 24.2 Å². The lowest BCUT2D eigenvalue weighted by Gasteiger charge is -2.09. The van der Waals surface area contributed by atoms with Crippen LogP contribution in [0, 0.1) is 6.92 Å². The Balaban J connectivity index is 1.78. The zero-order chi connectivity index (χ0) is 14.4. The highest BCUT2D eigenvalue weighted by Gasteiger charge is 2.09. The zero-order valence-corrected chi connectivity index (χ0v) is 12.2. The molecule has 0 saturated heterocycles. The van der Waals surface area contributed by atoms with Gasteiger partial charge in [0.15, 0.2) is 5.15 Å². The summed E-state index contributed by atoms with van der Waals surface area (Å²) in [7, 11) is 0. The van der Waals surface area contributed by atoms with Crippen LogP contribution in [0.5, 0.6) is 0 Å². The quantitative estimate of drug-likeness (QED) is 0.831. The Labute approximate surface area is 123 Å². The molecule has 0 bridgehead atoms. The summed E-state index contributed by atoms with van der Waals surface area (Å²) < 4.78 is 5.64. The minimum absolute atomic E-state index is 0.416. The van der Waals surface area contributed by atoms with Crippen LogP contribution in [0.4, 0.5) is 5.82 Å². The SMILES string of the molecule is Cc1c(Cl)nnc(N)c1CCCOCc1ccccc1. The number of anilines is 1. The highest BCUT2D eigenvalue weighted by molar-refractivity contribution is 6.30. The molecule has 0 atom stereocenters. The van der Waals surface area contributed by atoms with E-state index in [1.807, 2.05) is 25.1 Å². The molecule has 1 aromatic carbocycles. The number of nitrogen functional groups attached to an aromatic ring is 1. The van der Waals surface area contributed by atoms with Crippen molar-refractivity contribution in [3.8, 4) is 0 Å². The summed E-state index contributed by atoms with van der Waals surface area (Å²) in [4.78, 5) is 0. The molecular weight excluding hydrogens is 274 g/mol. The van der Waals surface area contributed by atoms with Crippen LogP contribution in [-0.4, -0.2) is 16.8 Å². The minimum Gasteiger partial charge on any atom is -0.382 e. The molecule has 0 saturated carbocycles. The number of nitrogens with two attached hydrogens (primary N) is 1. The monoisotopic (exact) mass is 291 g/mol. The summed E-state index contributed by atoms with van der Waals surface area (Å²) in [5.74, 6) is 0.454. The molecule has 0 spiro atoms. The lowest BCUT2D eigenvalue weighted by molar-refractivity contribution is 0.118. The largest absolute Gasteiger partial charge is 0.382 e. The van der Waals surface area contributed by atoms with Crippen LogP contribution in [-0.2, 0) is 17.8 Å². The van der Waals surface area contributed by atoms with Crippen LogP contribution < -0.4 is 5.73 Å². The van der Waals surface area contributed by atoms with Crippen LogP contribution >= 0.6 is 11.6 Å². The highest BCUT2D eigenvalue weighted by Crippen LogP contribution is 2.21. The number of aromatic nitrogens is 2. The Morgan fingerprint density at radius 2 is 1.95 bits per heavy atom. The highest BCUT2D eigenvalue weighted by atomic mass is 35.5. The van der Waals surface area contributed by atoms with Gasteiger partial charge in [-0.15, -0.1) is 10.2 Å². The fraction of sp³-hybridized carbons (Fsp3) is 0.333. The maximum atomic E-state index is 5.95. The average molecular weight is 292 g/mol. The Kier molecular flexibility index (Phi) is 5.32. The molecule has 0 aliphatic heterocycles. The summed E-state index contributed by atoms with van der Waals surface area (Å²) in [6.07, 6.45) is 1.67. The van der Waals surface area contributed by atoms with Crippen molar-refractivity contribution in [3.63, 3.8) is 0 Å². The van der Waals surface area contributed by atoms with E-state index in [9.17, 15) is 0 Å². The molecule has 2 rings (SSSR count). The van der Waals surface area contributed by atoms with Gasteiger partial charge in [-0.25, -0.2) is 0 Å². The summed E-state index contributed by atoms with van der Waals surface area (Å²) in [6, 6.07) is 10.1. The van der Waals surface area contributed by atoms with Gasteiger partial charge in [0, 0.05) is 12.2 Å². The first kappa shape index (κ1) is 14.8. The van der Waals surface area contributed by atoms with Gasteiger partial charge in [0.2, 0.25) is 0 Å². The van der Waals surface area contributed by atoms with Crippen molar-refractivity contribution in [2.45, 2.75) is 26.4 Å². The van der Waals surface area contributed by atoms with E-state index >= 15 is 0 Å². The first-order chi connectivity index (χ1) is 9.68. The maximum Gasteiger partial charge on any atom is 0.155 e. The van der Waals surface area contributed by atoms with Gasteiger partial charge in [-0.1, -0.05) is 41.9 Å². The first-order valence-electron chi connectivity index (χ1n) is 6.57. The number of rotatable bonds is 6. The van der Waals surface area contributed by atoms with Gasteiger partial charge in [-0.2, -0.15) is 0 Å². The summed E-state index contributed by atoms with van der Waals surface area (Å²) >= 11 is 5.95. The average Bonchev–Trinajstić information content (AvgIpc) is 2.47. The molecule has 20 heavy (non-hydrogen) atoms. The zero-order valence-electron chi connectivity index (χ0n) is 11.5. The van der Waals surface area contributed by atoms with E-state index in [4.69, 9.17) is 22.1 Å². The number of ether oxygens (including phenoxy) is 1. The Hall–Kier alpha value is -1.65. The molecule has 5 heteroatoms. The van der Waals surface area contributed by atoms with Gasteiger partial charge < -0.3 is 10.5 Å². The summed E-state index contributed by atoms with van der Waals surface area (Å²) in [5.41, 5.74) is 8.87. The van der Waals surface area contributed by atoms with Crippen LogP contribution in [0.15, 0.2) is 30.3 Å². The van der Waals surface area contributed by atoms with Crippen molar-refractivity contribution in [1.29, 1.82) is 0 Å². The van der Waals surface area contributed by atoms with E-state index in [1.165, 1.54) is 5.56 Å². The van der Waals surface area contributed by atoms with E-state index in [0.717, 1.165) is 24.0 Å². The Morgan fingerprint density at radius 3 is 2.70 bits per heavy atom. The maximum absolute atomic E-state index is 5.95. The Morgan fingerprint density at radius 1 is 1.20 bits per heavy atom. The molecule has 2 N–H and O–H groups in total. The normalized spacial score (nSPS) is 10.7. The summed E-state index contributed by atoms with van der Waals surface area (Å²) in [6.45, 7) is 3.21. The molecule has 0 aliphatic carbocycles. The number of hydrogen-bond acceptors (Lipinski definition) is 4. The third-order valence-electron chi connectivity index (χ3n) is 3.14. The number of nitrogens with zero attached hydrogens (tertiary/aromatic N) is 2. The fourth-order valence-electron chi connectivity index (χ4n) is 1.98. The minimum atomic E-state index is 0.416. The van der Waals surface area contributed by atoms with Crippen molar-refractivity contribution >= 4 is 17.4 Å². The van der Waals surface area contributed by atoms with Crippen LogP contribution in [0.25, 0.3) is 0 Å². The number of benzene rings is 1. The second-order valence-electron chi connectivity index (χ2n) is 4.62. The van der Waals surface area contributed by atoms with Gasteiger partial charge in [-0.3, -0.25) is 0 Å². The lowest BCUT2D eigenvalue weighted by Crippen LogP contribution is -2.05. The van der Waals surface area contributed by atoms with E-state index < -0.39 is 0 Å². The van der Waals surface area contributed by atoms with Gasteiger partial charge >= 0.3 is 0 Å². The van der Waals surface area contributed by atoms with E-state index in [-0.39, 0.29) is 0 Å². The van der Waals surface area contributed by atoms with Crippen molar-refractivity contribution in [2.24, 2.45) is 0 Å². The predicted molar refractivity (Wildman–Crippen MR) is 80.6 cm³/mol. The van der Waals surface area contributed by atoms with Crippen molar-refractivity contribution < 1.29 is 4.74 Å². The molecule has 106 valence electrons. The Bertz CT molecular complexity index is 561. The molecular formula is C15H18ClN3O. The second-order valence-corrected chi connectivity index (χ2v) is 4.98. The first-order valence-corrected chi connectivity index (χ1v) is 6.95. The van der Waals surface area contributed by atoms with Crippen molar-refractivity contribution in [1.82, 2.24) is 10.2 Å². The van der Waals surface area contributed by atoms with Crippen LogP contribution in [0.3, 0.4) is 0 Å². The number of halogens is 1. The van der Waals surface area contributed by atoms with E-state index in [2.05, 4.69) is 22.3 Å². The summed E-state index contributed by atoms with van der Waals surface area (Å²) in [5, 5.41) is 8.04. The molecule has 2 aromatic rings. The smallest absolute Gasteiger partial charge is 0.155 e. The van der Waals surface area contributed by atoms with Crippen molar-refractivity contribution in [3.05, 3.63) is 52.2 Å². The van der Waals surface area contributed by atoms with Crippen LogP contribution in [0.2, 0.25) is 5.15 Å². The van der Waals surface area contributed by atoms with Gasteiger partial charge in [-0.05, 0) is 30.9 Å². The molecule has 1 heterocycles. The lowest BCUT2D eigenvalue weighted by atomic mass is 10.1. The number of hydrogen-bond donors (Lipinski definition) is 1. The molecule has 0 unspecified atom stereocenters. The molecule has 1 aromatic heterocycles. The van der Waals surface area contributed by atoms with Gasteiger partial charge in [0.05, 0.1) is 6.61 Å². The van der Waals surface area contributed by atoms with Crippen LogP contribution in [0.1, 0.15) is 23.1 Å². The predicted octanol–water partition coefficient (Wildman–Crippen LogP) is 3.17. The topological polar surface area (TPSA) is 61.0 Å². The molecule has 0 amide bonds. The standard InChI is InChI=1S/C15H18ClN3O/c1-11-13(15(17)19-18-14(11)16)8-5-9-20-10-12-6-3-2-4-7-12/h2-4,6-7H,5,8-10H2,1H3,(H2,17,19). The van der Waals surface area contributed by atoms with Gasteiger partial charge in [0.1, 0.15) is 5.82 Å². The van der Waals surface area contributed by atoms with Gasteiger partial charge in [0.25, 0.3) is 0 Å². The molecule has 0 aliphatic rings. The fourth-order valence-corrected chi connectivity index (χ4v) is 2.13. The third kappa shape index (κ3) is 3.92. The second kappa shape index (κ2) is 7.22. The molecule has 4 nitrogen and oxygen atoms in total. The molecule has 0 fully saturated rings. The third-order valence-corrected chi connectivity index (χ3v) is 3.50. The van der Waals surface area contributed by atoms with E-state index in [1.54, 1.807) is 0 Å².